The van der Waals surface area contributed by atoms with Crippen LogP contribution in [0.25, 0.3) is 11.0 Å². The first kappa shape index (κ1) is 15.0. The SMILES string of the molecule is O=C(c1ccc2n[nH]nc2c1)N1CCC2(CC1)OCCc1sccc12. The summed E-state index contributed by atoms with van der Waals surface area (Å²) >= 11 is 1.82. The second-order valence-corrected chi connectivity index (χ2v) is 7.67. The van der Waals surface area contributed by atoms with Gasteiger partial charge in [0, 0.05) is 30.0 Å². The second kappa shape index (κ2) is 5.64. The molecule has 1 N–H and O–H groups in total. The van der Waals surface area contributed by atoms with Crippen LogP contribution in [0.2, 0.25) is 0 Å². The summed E-state index contributed by atoms with van der Waals surface area (Å²) in [6.45, 7) is 2.21. The third-order valence-electron chi connectivity index (χ3n) is 5.37. The molecule has 1 aromatic carbocycles. The smallest absolute Gasteiger partial charge is 0.253 e. The number of hydrogen-bond donors (Lipinski definition) is 1. The highest BCUT2D eigenvalue weighted by atomic mass is 32.1. The topological polar surface area (TPSA) is 71.1 Å². The lowest BCUT2D eigenvalue weighted by molar-refractivity contribution is -0.0926. The maximum atomic E-state index is 12.9. The van der Waals surface area contributed by atoms with E-state index >= 15 is 0 Å². The molecule has 25 heavy (non-hydrogen) atoms. The molecule has 4 heterocycles. The molecule has 3 aromatic rings. The van der Waals surface area contributed by atoms with Gasteiger partial charge in [0.15, 0.2) is 0 Å². The van der Waals surface area contributed by atoms with Gasteiger partial charge in [-0.25, -0.2) is 0 Å². The minimum Gasteiger partial charge on any atom is -0.370 e. The number of hydrogen-bond acceptors (Lipinski definition) is 5. The van der Waals surface area contributed by atoms with Crippen LogP contribution in [0.1, 0.15) is 33.6 Å². The number of nitrogens with zero attached hydrogens (tertiary/aromatic N) is 3. The van der Waals surface area contributed by atoms with Gasteiger partial charge in [-0.1, -0.05) is 0 Å². The molecule has 0 bridgehead atoms. The average molecular weight is 354 g/mol. The molecule has 2 aromatic heterocycles. The number of carbonyl (C=O) groups excluding carboxylic acids is 1. The fourth-order valence-corrected chi connectivity index (χ4v) is 4.95. The standard InChI is InChI=1S/C18H18N4O2S/c23-17(12-1-2-14-15(11-12)20-21-19-14)22-7-5-18(6-8-22)13-4-10-25-16(13)3-9-24-18/h1-2,4,10-11H,3,5-9H2,(H,19,20,21). The summed E-state index contributed by atoms with van der Waals surface area (Å²) in [5, 5.41) is 12.8. The molecule has 6 nitrogen and oxygen atoms in total. The van der Waals surface area contributed by atoms with Gasteiger partial charge in [-0.05, 0) is 48.1 Å². The number of aromatic amines is 1. The van der Waals surface area contributed by atoms with Crippen LogP contribution in [0.3, 0.4) is 0 Å². The minimum absolute atomic E-state index is 0.0566. The Kier molecular flexibility index (Phi) is 3.39. The van der Waals surface area contributed by atoms with Gasteiger partial charge in [0.05, 0.1) is 12.2 Å². The van der Waals surface area contributed by atoms with Crippen LogP contribution in [0.5, 0.6) is 0 Å². The van der Waals surface area contributed by atoms with Crippen LogP contribution in [0, 0.1) is 0 Å². The van der Waals surface area contributed by atoms with Gasteiger partial charge in [-0.3, -0.25) is 4.79 Å². The zero-order valence-electron chi connectivity index (χ0n) is 13.7. The van der Waals surface area contributed by atoms with E-state index < -0.39 is 0 Å². The largest absolute Gasteiger partial charge is 0.370 e. The van der Waals surface area contributed by atoms with E-state index in [4.69, 9.17) is 4.74 Å². The summed E-state index contributed by atoms with van der Waals surface area (Å²) < 4.78 is 6.22. The van der Waals surface area contributed by atoms with Crippen molar-refractivity contribution in [1.82, 2.24) is 20.3 Å². The molecule has 5 rings (SSSR count). The summed E-state index contributed by atoms with van der Waals surface area (Å²) in [4.78, 5) is 16.2. The summed E-state index contributed by atoms with van der Waals surface area (Å²) in [5.41, 5.74) is 3.31. The summed E-state index contributed by atoms with van der Waals surface area (Å²) in [5.74, 6) is 0.0566. The predicted molar refractivity (Wildman–Crippen MR) is 94.7 cm³/mol. The number of piperidine rings is 1. The maximum Gasteiger partial charge on any atom is 0.253 e. The zero-order chi connectivity index (χ0) is 16.9. The van der Waals surface area contributed by atoms with Crippen LogP contribution >= 0.6 is 11.3 Å². The van der Waals surface area contributed by atoms with Crippen molar-refractivity contribution < 1.29 is 9.53 Å². The van der Waals surface area contributed by atoms with Crippen LogP contribution in [-0.4, -0.2) is 45.9 Å². The van der Waals surface area contributed by atoms with Crippen molar-refractivity contribution >= 4 is 28.3 Å². The van der Waals surface area contributed by atoms with E-state index in [9.17, 15) is 4.79 Å². The first-order valence-electron chi connectivity index (χ1n) is 8.56. The van der Waals surface area contributed by atoms with E-state index in [2.05, 4.69) is 26.9 Å². The van der Waals surface area contributed by atoms with Crippen molar-refractivity contribution in [2.75, 3.05) is 19.7 Å². The lowest BCUT2D eigenvalue weighted by Gasteiger charge is -2.44. The monoisotopic (exact) mass is 354 g/mol. The molecule has 1 fully saturated rings. The molecule has 2 aliphatic rings. The molecule has 7 heteroatoms. The molecular weight excluding hydrogens is 336 g/mol. The molecule has 1 spiro atoms. The van der Waals surface area contributed by atoms with Gasteiger partial charge in [0.1, 0.15) is 11.0 Å². The number of aromatic nitrogens is 3. The number of ether oxygens (including phenoxy) is 1. The maximum absolute atomic E-state index is 12.9. The van der Waals surface area contributed by atoms with E-state index in [1.807, 2.05) is 28.4 Å². The summed E-state index contributed by atoms with van der Waals surface area (Å²) in [6, 6.07) is 7.67. The van der Waals surface area contributed by atoms with Gasteiger partial charge in [0.2, 0.25) is 0 Å². The van der Waals surface area contributed by atoms with E-state index in [-0.39, 0.29) is 11.5 Å². The van der Waals surface area contributed by atoms with E-state index in [1.54, 1.807) is 6.07 Å². The van der Waals surface area contributed by atoms with E-state index in [0.717, 1.165) is 36.9 Å². The Labute approximate surface area is 148 Å². The van der Waals surface area contributed by atoms with Gasteiger partial charge in [-0.15, -0.1) is 11.3 Å². The summed E-state index contributed by atoms with van der Waals surface area (Å²) in [7, 11) is 0. The quantitative estimate of drug-likeness (QED) is 0.729. The number of rotatable bonds is 1. The molecule has 0 radical (unpaired) electrons. The highest BCUT2D eigenvalue weighted by Crippen LogP contribution is 2.43. The van der Waals surface area contributed by atoms with Crippen molar-refractivity contribution in [3.63, 3.8) is 0 Å². The fourth-order valence-electron chi connectivity index (χ4n) is 4.00. The van der Waals surface area contributed by atoms with Gasteiger partial charge < -0.3 is 9.64 Å². The average Bonchev–Trinajstić information content (AvgIpc) is 3.31. The van der Waals surface area contributed by atoms with Crippen LogP contribution in [0.4, 0.5) is 0 Å². The Hall–Kier alpha value is -2.25. The van der Waals surface area contributed by atoms with Gasteiger partial charge >= 0.3 is 0 Å². The third-order valence-corrected chi connectivity index (χ3v) is 6.35. The van der Waals surface area contributed by atoms with Gasteiger partial charge in [0.25, 0.3) is 5.91 Å². The highest BCUT2D eigenvalue weighted by molar-refractivity contribution is 7.10. The van der Waals surface area contributed by atoms with Crippen LogP contribution < -0.4 is 0 Å². The number of fused-ring (bicyclic) bond motifs is 3. The Balaban J connectivity index is 1.36. The number of benzene rings is 1. The second-order valence-electron chi connectivity index (χ2n) is 6.67. The predicted octanol–water partition coefficient (Wildman–Crippen LogP) is 2.72. The number of thiophene rings is 1. The van der Waals surface area contributed by atoms with Crippen molar-refractivity contribution in [1.29, 1.82) is 0 Å². The van der Waals surface area contributed by atoms with Crippen molar-refractivity contribution in [3.8, 4) is 0 Å². The molecule has 128 valence electrons. The minimum atomic E-state index is -0.194. The lowest BCUT2D eigenvalue weighted by atomic mass is 9.82. The lowest BCUT2D eigenvalue weighted by Crippen LogP contribution is -2.48. The van der Waals surface area contributed by atoms with Crippen LogP contribution in [-0.2, 0) is 16.8 Å². The fraction of sp³-hybridized carbons (Fsp3) is 0.389. The zero-order valence-corrected chi connectivity index (χ0v) is 14.5. The molecule has 0 atom stereocenters. The number of likely N-dealkylation sites (tertiary alicyclic amines) is 1. The van der Waals surface area contributed by atoms with Crippen LogP contribution in [0.15, 0.2) is 29.6 Å². The number of H-pyrrole nitrogens is 1. The number of carbonyl (C=O) groups is 1. The highest BCUT2D eigenvalue weighted by Gasteiger charge is 2.42. The summed E-state index contributed by atoms with van der Waals surface area (Å²) in [6.07, 6.45) is 2.72. The molecule has 1 amide bonds. The molecule has 0 saturated carbocycles. The molecule has 1 saturated heterocycles. The first-order valence-corrected chi connectivity index (χ1v) is 9.44. The normalized spacial score (nSPS) is 19.3. The van der Waals surface area contributed by atoms with Crippen molar-refractivity contribution in [2.24, 2.45) is 0 Å². The molecule has 2 aliphatic heterocycles. The van der Waals surface area contributed by atoms with E-state index in [0.29, 0.717) is 18.7 Å². The first-order chi connectivity index (χ1) is 12.3. The Bertz CT molecular complexity index is 939. The third kappa shape index (κ3) is 2.38. The Morgan fingerprint density at radius 3 is 2.92 bits per heavy atom. The molecule has 0 aliphatic carbocycles. The number of amides is 1. The van der Waals surface area contributed by atoms with E-state index in [1.165, 1.54) is 10.4 Å². The Morgan fingerprint density at radius 1 is 1.20 bits per heavy atom. The van der Waals surface area contributed by atoms with Crippen molar-refractivity contribution in [2.45, 2.75) is 24.9 Å². The molecular formula is C18H18N4O2S. The van der Waals surface area contributed by atoms with Gasteiger partial charge in [-0.2, -0.15) is 15.4 Å². The molecule has 0 unspecified atom stereocenters. The van der Waals surface area contributed by atoms with Crippen molar-refractivity contribution in [3.05, 3.63) is 45.6 Å². The Morgan fingerprint density at radius 2 is 2.04 bits per heavy atom. The number of nitrogens with one attached hydrogen (secondary N) is 1.